The fourth-order valence-electron chi connectivity index (χ4n) is 2.55. The number of rotatable bonds is 6. The minimum Gasteiger partial charge on any atom is -0.444 e. The molecular formula is C19H29N3O4. The van der Waals surface area contributed by atoms with Crippen LogP contribution in [0, 0.1) is 0 Å². The molecule has 7 heteroatoms. The lowest BCUT2D eigenvalue weighted by molar-refractivity contribution is -0.120. The van der Waals surface area contributed by atoms with Crippen LogP contribution in [0.15, 0.2) is 24.3 Å². The van der Waals surface area contributed by atoms with Crippen LogP contribution in [0.3, 0.4) is 0 Å². The number of nitrogens with one attached hydrogen (secondary N) is 2. The summed E-state index contributed by atoms with van der Waals surface area (Å²) in [5, 5.41) is 5.61. The average Bonchev–Trinajstić information content (AvgIpc) is 2.56. The molecule has 2 rings (SSSR count). The van der Waals surface area contributed by atoms with Crippen molar-refractivity contribution in [2.75, 3.05) is 44.7 Å². The number of hydrogen-bond acceptors (Lipinski definition) is 5. The summed E-state index contributed by atoms with van der Waals surface area (Å²) in [5.41, 5.74) is 0.989. The van der Waals surface area contributed by atoms with E-state index in [9.17, 15) is 9.59 Å². The van der Waals surface area contributed by atoms with Crippen molar-refractivity contribution < 1.29 is 19.1 Å². The van der Waals surface area contributed by atoms with Gasteiger partial charge in [-0.15, -0.1) is 0 Å². The third-order valence-corrected chi connectivity index (χ3v) is 3.82. The lowest BCUT2D eigenvalue weighted by Gasteiger charge is -2.26. The van der Waals surface area contributed by atoms with Crippen LogP contribution in [0.5, 0.6) is 0 Å². The SMILES string of the molecule is CC(C)(C)OC(=O)Nc1ccc(CC(=O)NCCN2CCOCC2)cc1. The van der Waals surface area contributed by atoms with Crippen molar-refractivity contribution in [1.29, 1.82) is 0 Å². The first-order valence-electron chi connectivity index (χ1n) is 8.97. The van der Waals surface area contributed by atoms with E-state index in [1.807, 2.05) is 32.9 Å². The lowest BCUT2D eigenvalue weighted by atomic mass is 10.1. The average molecular weight is 363 g/mol. The molecule has 1 saturated heterocycles. The number of amides is 2. The number of hydrogen-bond donors (Lipinski definition) is 2. The molecule has 0 radical (unpaired) electrons. The van der Waals surface area contributed by atoms with E-state index >= 15 is 0 Å². The van der Waals surface area contributed by atoms with Gasteiger partial charge in [-0.25, -0.2) is 4.79 Å². The van der Waals surface area contributed by atoms with Crippen LogP contribution in [0.1, 0.15) is 26.3 Å². The van der Waals surface area contributed by atoms with Crippen molar-refractivity contribution >= 4 is 17.7 Å². The van der Waals surface area contributed by atoms with Crippen LogP contribution >= 0.6 is 0 Å². The minimum atomic E-state index is -0.538. The highest BCUT2D eigenvalue weighted by Crippen LogP contribution is 2.13. The summed E-state index contributed by atoms with van der Waals surface area (Å²) in [6.45, 7) is 10.3. The van der Waals surface area contributed by atoms with Crippen LogP contribution in [-0.4, -0.2) is 61.9 Å². The van der Waals surface area contributed by atoms with Gasteiger partial charge in [0.25, 0.3) is 0 Å². The maximum absolute atomic E-state index is 12.0. The monoisotopic (exact) mass is 363 g/mol. The van der Waals surface area contributed by atoms with Crippen molar-refractivity contribution in [3.63, 3.8) is 0 Å². The van der Waals surface area contributed by atoms with E-state index in [-0.39, 0.29) is 5.91 Å². The van der Waals surface area contributed by atoms with Crippen LogP contribution < -0.4 is 10.6 Å². The lowest BCUT2D eigenvalue weighted by Crippen LogP contribution is -2.41. The summed E-state index contributed by atoms with van der Waals surface area (Å²) in [4.78, 5) is 26.0. The summed E-state index contributed by atoms with van der Waals surface area (Å²) < 4.78 is 10.5. The Hall–Kier alpha value is -2.12. The minimum absolute atomic E-state index is 0.00823. The summed E-state index contributed by atoms with van der Waals surface area (Å²) in [7, 11) is 0. The number of nitrogens with zero attached hydrogens (tertiary/aromatic N) is 1. The summed E-state index contributed by atoms with van der Waals surface area (Å²) in [6.07, 6.45) is -0.179. The van der Waals surface area contributed by atoms with E-state index < -0.39 is 11.7 Å². The third-order valence-electron chi connectivity index (χ3n) is 3.82. The number of anilines is 1. The molecular weight excluding hydrogens is 334 g/mol. The van der Waals surface area contributed by atoms with Crippen LogP contribution in [0.2, 0.25) is 0 Å². The molecule has 0 unspecified atom stereocenters. The van der Waals surface area contributed by atoms with E-state index in [1.165, 1.54) is 0 Å². The molecule has 1 aromatic carbocycles. The smallest absolute Gasteiger partial charge is 0.412 e. The highest BCUT2D eigenvalue weighted by atomic mass is 16.6. The molecule has 2 amide bonds. The fraction of sp³-hybridized carbons (Fsp3) is 0.579. The molecule has 1 fully saturated rings. The Bertz CT molecular complexity index is 590. The van der Waals surface area contributed by atoms with Gasteiger partial charge < -0.3 is 14.8 Å². The predicted octanol–water partition coefficient (Wildman–Crippen LogP) is 2.02. The zero-order chi connectivity index (χ0) is 19.0. The molecule has 0 atom stereocenters. The Labute approximate surface area is 155 Å². The fourth-order valence-corrected chi connectivity index (χ4v) is 2.55. The molecule has 144 valence electrons. The van der Waals surface area contributed by atoms with Gasteiger partial charge in [0.05, 0.1) is 19.6 Å². The Morgan fingerprint density at radius 3 is 2.42 bits per heavy atom. The maximum atomic E-state index is 12.0. The number of benzene rings is 1. The quantitative estimate of drug-likeness (QED) is 0.808. The Morgan fingerprint density at radius 1 is 1.15 bits per heavy atom. The van der Waals surface area contributed by atoms with Gasteiger partial charge in [0.1, 0.15) is 5.60 Å². The van der Waals surface area contributed by atoms with E-state index in [0.29, 0.717) is 18.7 Å². The van der Waals surface area contributed by atoms with Crippen molar-refractivity contribution in [2.24, 2.45) is 0 Å². The predicted molar refractivity (Wildman–Crippen MR) is 100 cm³/mol. The van der Waals surface area contributed by atoms with Gasteiger partial charge >= 0.3 is 6.09 Å². The van der Waals surface area contributed by atoms with Crippen molar-refractivity contribution in [2.45, 2.75) is 32.8 Å². The van der Waals surface area contributed by atoms with Gasteiger partial charge in [-0.3, -0.25) is 15.0 Å². The second kappa shape index (κ2) is 9.54. The number of ether oxygens (including phenoxy) is 2. The van der Waals surface area contributed by atoms with Gasteiger partial charge in [-0.1, -0.05) is 12.1 Å². The van der Waals surface area contributed by atoms with Gasteiger partial charge in [0.15, 0.2) is 0 Å². The topological polar surface area (TPSA) is 79.9 Å². The van der Waals surface area contributed by atoms with Gasteiger partial charge in [0, 0.05) is 31.9 Å². The first kappa shape index (κ1) is 20.2. The molecule has 0 saturated carbocycles. The van der Waals surface area contributed by atoms with Crippen LogP contribution in [0.4, 0.5) is 10.5 Å². The molecule has 0 aliphatic carbocycles. The second-order valence-electron chi connectivity index (χ2n) is 7.30. The highest BCUT2D eigenvalue weighted by molar-refractivity contribution is 5.85. The van der Waals surface area contributed by atoms with Crippen LogP contribution in [-0.2, 0) is 20.7 Å². The molecule has 7 nitrogen and oxygen atoms in total. The van der Waals surface area contributed by atoms with Gasteiger partial charge in [-0.05, 0) is 38.5 Å². The summed E-state index contributed by atoms with van der Waals surface area (Å²) in [5.74, 6) is -0.00823. The number of carbonyl (C=O) groups excluding carboxylic acids is 2. The number of carbonyl (C=O) groups is 2. The van der Waals surface area contributed by atoms with Crippen molar-refractivity contribution in [3.05, 3.63) is 29.8 Å². The first-order valence-corrected chi connectivity index (χ1v) is 8.97. The standard InChI is InChI=1S/C19H29N3O4/c1-19(2,3)26-18(24)21-16-6-4-15(5-7-16)14-17(23)20-8-9-22-10-12-25-13-11-22/h4-7H,8-14H2,1-3H3,(H,20,23)(H,21,24). The molecule has 26 heavy (non-hydrogen) atoms. The zero-order valence-corrected chi connectivity index (χ0v) is 15.8. The molecule has 1 aromatic rings. The Kier molecular flexibility index (Phi) is 7.41. The molecule has 1 heterocycles. The van der Waals surface area contributed by atoms with E-state index in [2.05, 4.69) is 15.5 Å². The van der Waals surface area contributed by atoms with Crippen LogP contribution in [0.25, 0.3) is 0 Å². The second-order valence-corrected chi connectivity index (χ2v) is 7.30. The Balaban J connectivity index is 1.70. The van der Waals surface area contributed by atoms with E-state index in [1.54, 1.807) is 12.1 Å². The van der Waals surface area contributed by atoms with Crippen molar-refractivity contribution in [3.8, 4) is 0 Å². The van der Waals surface area contributed by atoms with Crippen molar-refractivity contribution in [1.82, 2.24) is 10.2 Å². The van der Waals surface area contributed by atoms with Gasteiger partial charge in [0.2, 0.25) is 5.91 Å². The zero-order valence-electron chi connectivity index (χ0n) is 15.8. The molecule has 0 aromatic heterocycles. The molecule has 1 aliphatic heterocycles. The molecule has 0 bridgehead atoms. The maximum Gasteiger partial charge on any atom is 0.412 e. The summed E-state index contributed by atoms with van der Waals surface area (Å²) in [6, 6.07) is 7.18. The van der Waals surface area contributed by atoms with E-state index in [0.717, 1.165) is 38.4 Å². The number of morpholine rings is 1. The summed E-state index contributed by atoms with van der Waals surface area (Å²) >= 11 is 0. The van der Waals surface area contributed by atoms with E-state index in [4.69, 9.17) is 9.47 Å². The molecule has 2 N–H and O–H groups in total. The molecule has 0 spiro atoms. The Morgan fingerprint density at radius 2 is 1.81 bits per heavy atom. The normalized spacial score (nSPS) is 15.3. The highest BCUT2D eigenvalue weighted by Gasteiger charge is 2.16. The first-order chi connectivity index (χ1) is 12.3. The largest absolute Gasteiger partial charge is 0.444 e. The third kappa shape index (κ3) is 7.84. The molecule has 1 aliphatic rings. The van der Waals surface area contributed by atoms with Gasteiger partial charge in [-0.2, -0.15) is 0 Å².